The van der Waals surface area contributed by atoms with Gasteiger partial charge in [-0.3, -0.25) is 9.21 Å². The van der Waals surface area contributed by atoms with Gasteiger partial charge in [0.1, 0.15) is 35.2 Å². The Morgan fingerprint density at radius 3 is 2.61 bits per heavy atom. The number of piperazine rings is 1. The zero-order valence-corrected chi connectivity index (χ0v) is 26.3. The molecular formula is C30H31F5N8OS2. The van der Waals surface area contributed by atoms with Crippen LogP contribution in [-0.4, -0.2) is 92.7 Å². The van der Waals surface area contributed by atoms with Crippen molar-refractivity contribution in [1.29, 1.82) is 0 Å². The van der Waals surface area contributed by atoms with Gasteiger partial charge in [0.2, 0.25) is 0 Å². The average Bonchev–Trinajstić information content (AvgIpc) is 3.44. The van der Waals surface area contributed by atoms with E-state index in [2.05, 4.69) is 25.1 Å². The molecule has 4 saturated heterocycles. The van der Waals surface area contributed by atoms with Gasteiger partial charge in [-0.15, -0.1) is 0 Å². The lowest BCUT2D eigenvalue weighted by molar-refractivity contribution is 0.100. The maximum Gasteiger partial charge on any atom is 0.319 e. The third-order valence-corrected chi connectivity index (χ3v) is 12.3. The fourth-order valence-corrected chi connectivity index (χ4v) is 10.1. The molecule has 6 aliphatic rings. The van der Waals surface area contributed by atoms with E-state index in [0.29, 0.717) is 36.8 Å². The van der Waals surface area contributed by atoms with Crippen LogP contribution in [0.25, 0.3) is 21.7 Å². The SMILES string of the molecule is Nc1nc2c(C3=C(F)c4nc(OC[C@@]56CCCN5CC(F)C6)nc(N5CC6CCC(C5)N6)c4SN3C3CC3(F)F)ccc(F)c2s1. The summed E-state index contributed by atoms with van der Waals surface area (Å²) >= 11 is 1.88. The molecule has 2 aromatic heterocycles. The number of nitrogens with two attached hydrogens (primary N) is 1. The van der Waals surface area contributed by atoms with Crippen molar-refractivity contribution >= 4 is 56.0 Å². The number of rotatable bonds is 6. The van der Waals surface area contributed by atoms with E-state index in [-0.39, 0.29) is 57.0 Å². The lowest BCUT2D eigenvalue weighted by Gasteiger charge is -2.37. The lowest BCUT2D eigenvalue weighted by atomic mass is 9.95. The summed E-state index contributed by atoms with van der Waals surface area (Å²) in [5.74, 6) is -4.06. The Kier molecular flexibility index (Phi) is 6.52. The molecule has 46 heavy (non-hydrogen) atoms. The summed E-state index contributed by atoms with van der Waals surface area (Å²) in [4.78, 5) is 18.1. The predicted octanol–water partition coefficient (Wildman–Crippen LogP) is 5.23. The number of halogens is 5. The number of fused-ring (bicyclic) bond motifs is 5. The quantitative estimate of drug-likeness (QED) is 0.267. The van der Waals surface area contributed by atoms with Crippen LogP contribution in [0, 0.1) is 5.82 Å². The molecule has 5 aliphatic heterocycles. The molecule has 5 atom stereocenters. The third-order valence-electron chi connectivity index (χ3n) is 10.2. The van der Waals surface area contributed by atoms with Crippen LogP contribution in [0.5, 0.6) is 6.01 Å². The highest BCUT2D eigenvalue weighted by molar-refractivity contribution is 7.97. The maximum atomic E-state index is 17.1. The minimum atomic E-state index is -3.05. The number of nitrogens with zero attached hydrogens (tertiary/aromatic N) is 6. The van der Waals surface area contributed by atoms with Crippen molar-refractivity contribution < 1.29 is 26.7 Å². The van der Waals surface area contributed by atoms with E-state index in [1.54, 1.807) is 0 Å². The van der Waals surface area contributed by atoms with Crippen molar-refractivity contribution in [2.24, 2.45) is 0 Å². The van der Waals surface area contributed by atoms with Gasteiger partial charge in [0.05, 0.1) is 21.5 Å². The van der Waals surface area contributed by atoms with Crippen molar-refractivity contribution in [3.63, 3.8) is 0 Å². The number of aromatic nitrogens is 3. The number of anilines is 2. The normalized spacial score (nSPS) is 31.6. The summed E-state index contributed by atoms with van der Waals surface area (Å²) in [6.45, 7) is 2.51. The number of nitrogen functional groups attached to an aromatic ring is 1. The third kappa shape index (κ3) is 4.57. The molecule has 5 fully saturated rings. The fraction of sp³-hybridized carbons (Fsp3) is 0.567. The zero-order valence-electron chi connectivity index (χ0n) is 24.6. The predicted molar refractivity (Wildman–Crippen MR) is 166 cm³/mol. The van der Waals surface area contributed by atoms with Crippen LogP contribution in [0.15, 0.2) is 17.0 Å². The molecular weight excluding hydrogens is 648 g/mol. The number of nitrogens with one attached hydrogen (secondary N) is 1. The van der Waals surface area contributed by atoms with Crippen molar-refractivity contribution in [3.8, 4) is 6.01 Å². The first-order valence-corrected chi connectivity index (χ1v) is 17.2. The van der Waals surface area contributed by atoms with Gasteiger partial charge in [0.15, 0.2) is 16.8 Å². The molecule has 9 nitrogen and oxygen atoms in total. The van der Waals surface area contributed by atoms with Gasteiger partial charge in [-0.25, -0.2) is 26.9 Å². The van der Waals surface area contributed by atoms with Gasteiger partial charge in [-0.1, -0.05) is 11.3 Å². The number of ether oxygens (including phenoxy) is 1. The summed E-state index contributed by atoms with van der Waals surface area (Å²) in [6.07, 6.45) is 2.64. The highest BCUT2D eigenvalue weighted by atomic mass is 32.2. The van der Waals surface area contributed by atoms with Gasteiger partial charge in [-0.05, 0) is 56.3 Å². The Hall–Kier alpha value is -2.95. The molecule has 16 heteroatoms. The van der Waals surface area contributed by atoms with Crippen LogP contribution < -0.4 is 20.7 Å². The molecule has 0 radical (unpaired) electrons. The second-order valence-electron chi connectivity index (χ2n) is 13.3. The van der Waals surface area contributed by atoms with Crippen LogP contribution in [0.3, 0.4) is 0 Å². The second-order valence-corrected chi connectivity index (χ2v) is 15.3. The first-order chi connectivity index (χ1) is 22.1. The van der Waals surface area contributed by atoms with E-state index in [0.717, 1.165) is 55.5 Å². The van der Waals surface area contributed by atoms with Crippen LogP contribution >= 0.6 is 23.3 Å². The Morgan fingerprint density at radius 1 is 1.07 bits per heavy atom. The van der Waals surface area contributed by atoms with Gasteiger partial charge in [0.25, 0.3) is 5.92 Å². The summed E-state index contributed by atoms with van der Waals surface area (Å²) in [7, 11) is 0. The number of benzene rings is 1. The summed E-state index contributed by atoms with van der Waals surface area (Å²) in [5.41, 5.74) is 5.44. The van der Waals surface area contributed by atoms with E-state index >= 15 is 4.39 Å². The molecule has 9 rings (SSSR count). The minimum Gasteiger partial charge on any atom is -0.461 e. The molecule has 3 aromatic rings. The molecule has 4 unspecified atom stereocenters. The molecule has 2 bridgehead atoms. The monoisotopic (exact) mass is 678 g/mol. The minimum absolute atomic E-state index is 0.0504. The second kappa shape index (κ2) is 10.3. The van der Waals surface area contributed by atoms with Gasteiger partial charge < -0.3 is 20.7 Å². The number of alkyl halides is 3. The van der Waals surface area contributed by atoms with E-state index in [1.807, 2.05) is 0 Å². The smallest absolute Gasteiger partial charge is 0.319 e. The standard InChI is InChI=1S/C30H31F5N8OS2/c31-14-8-29(6-1-7-42(29)10-14)13-44-28-39-22-20(33)23(17-4-5-18(32)24-21(17)38-27(36)45-24)43(19-9-30(19,34)35)46-25(22)26(40-28)41-11-15-2-3-16(12-41)37-15/h4-5,14-16,19,37H,1-3,6-13H2,(H2,36,38)/t14?,15?,16?,19?,29-/m0/s1. The number of thiazole rings is 1. The molecule has 1 aliphatic carbocycles. The Bertz CT molecular complexity index is 1780. The van der Waals surface area contributed by atoms with Gasteiger partial charge in [0, 0.05) is 50.1 Å². The highest BCUT2D eigenvalue weighted by Crippen LogP contribution is 2.58. The summed E-state index contributed by atoms with van der Waals surface area (Å²) in [5, 5.41) is 3.66. The fourth-order valence-electron chi connectivity index (χ4n) is 7.99. The van der Waals surface area contributed by atoms with Crippen LogP contribution in [0.1, 0.15) is 49.8 Å². The lowest BCUT2D eigenvalue weighted by Crippen LogP contribution is -2.51. The van der Waals surface area contributed by atoms with E-state index in [9.17, 15) is 17.6 Å². The molecule has 1 aromatic carbocycles. The topological polar surface area (TPSA) is 95.7 Å². The molecule has 0 amide bonds. The van der Waals surface area contributed by atoms with E-state index in [1.165, 1.54) is 16.4 Å². The van der Waals surface area contributed by atoms with Crippen molar-refractivity contribution in [1.82, 2.24) is 29.5 Å². The summed E-state index contributed by atoms with van der Waals surface area (Å²) < 4.78 is 83.6. The Balaban J connectivity index is 1.19. The van der Waals surface area contributed by atoms with E-state index in [4.69, 9.17) is 15.5 Å². The molecule has 1 saturated carbocycles. The van der Waals surface area contributed by atoms with Crippen molar-refractivity contribution in [2.45, 2.75) is 79.2 Å². The van der Waals surface area contributed by atoms with Crippen LogP contribution in [-0.2, 0) is 0 Å². The number of hydrogen-bond acceptors (Lipinski definition) is 11. The largest absolute Gasteiger partial charge is 0.461 e. The van der Waals surface area contributed by atoms with Crippen LogP contribution in [0.2, 0.25) is 0 Å². The summed E-state index contributed by atoms with van der Waals surface area (Å²) in [6, 6.07) is 1.60. The van der Waals surface area contributed by atoms with Gasteiger partial charge in [-0.2, -0.15) is 9.97 Å². The zero-order chi connectivity index (χ0) is 31.5. The molecule has 3 N–H and O–H groups in total. The maximum absolute atomic E-state index is 17.1. The Labute approximate surface area is 269 Å². The van der Waals surface area contributed by atoms with Gasteiger partial charge >= 0.3 is 6.01 Å². The highest BCUT2D eigenvalue weighted by Gasteiger charge is 2.62. The molecule has 7 heterocycles. The first-order valence-electron chi connectivity index (χ1n) is 15.6. The average molecular weight is 679 g/mol. The molecule has 0 spiro atoms. The van der Waals surface area contributed by atoms with Crippen LogP contribution in [0.4, 0.5) is 32.9 Å². The first kappa shape index (κ1) is 29.2. The van der Waals surface area contributed by atoms with Crippen molar-refractivity contribution in [2.75, 3.05) is 43.4 Å². The molecule has 244 valence electrons. The van der Waals surface area contributed by atoms with Crippen molar-refractivity contribution in [3.05, 3.63) is 29.2 Å². The Morgan fingerprint density at radius 2 is 1.85 bits per heavy atom. The number of hydrogen-bond donors (Lipinski definition) is 2. The van der Waals surface area contributed by atoms with E-state index < -0.39 is 41.7 Å².